The van der Waals surface area contributed by atoms with Crippen molar-refractivity contribution >= 4 is 29.3 Å². The van der Waals surface area contributed by atoms with E-state index >= 15 is 0 Å². The van der Waals surface area contributed by atoms with Gasteiger partial charge in [0.05, 0.1) is 27.5 Å². The fraction of sp³-hybridized carbons (Fsp3) is 0.227. The molecule has 0 unspecified atom stereocenters. The number of ketones is 1. The number of carbonyl (C=O) groups is 1. The Bertz CT molecular complexity index is 944. The van der Waals surface area contributed by atoms with Gasteiger partial charge in [-0.05, 0) is 54.0 Å². The van der Waals surface area contributed by atoms with Gasteiger partial charge in [0, 0.05) is 24.3 Å². The summed E-state index contributed by atoms with van der Waals surface area (Å²) in [7, 11) is 0. The van der Waals surface area contributed by atoms with E-state index in [2.05, 4.69) is 6.92 Å². The zero-order chi connectivity index (χ0) is 21.7. The number of nitrogens with one attached hydrogen (secondary N) is 1. The van der Waals surface area contributed by atoms with E-state index in [1.165, 1.54) is 29.2 Å². The van der Waals surface area contributed by atoms with Gasteiger partial charge in [0.2, 0.25) is 0 Å². The summed E-state index contributed by atoms with van der Waals surface area (Å²) in [6.45, 7) is 4.16. The molecule has 1 fully saturated rings. The molecule has 2 aromatic carbocycles. The van der Waals surface area contributed by atoms with Crippen LogP contribution >= 0.6 is 0 Å². The van der Waals surface area contributed by atoms with E-state index in [-0.39, 0.29) is 17.2 Å². The minimum Gasteiger partial charge on any atom is -0.327 e. The lowest BCUT2D eigenvalue weighted by atomic mass is 9.94. The number of benzene rings is 2. The highest BCUT2D eigenvalue weighted by atomic mass is 16.6. The number of rotatable bonds is 6. The Morgan fingerprint density at radius 2 is 1.23 bits per heavy atom. The van der Waals surface area contributed by atoms with Crippen molar-refractivity contribution in [1.29, 1.82) is 0 Å². The summed E-state index contributed by atoms with van der Waals surface area (Å²) in [5.41, 5.74) is 2.76. The topological polar surface area (TPSA) is 108 Å². The van der Waals surface area contributed by atoms with E-state index in [4.69, 9.17) is 0 Å². The van der Waals surface area contributed by atoms with Gasteiger partial charge in [-0.3, -0.25) is 25.0 Å². The zero-order valence-electron chi connectivity index (χ0n) is 16.5. The Kier molecular flexibility index (Phi) is 6.48. The summed E-state index contributed by atoms with van der Waals surface area (Å²) in [5, 5.41) is 21.7. The van der Waals surface area contributed by atoms with Gasteiger partial charge in [-0.1, -0.05) is 6.92 Å². The molecule has 8 nitrogen and oxygen atoms in total. The third-order valence-corrected chi connectivity index (χ3v) is 4.96. The largest absolute Gasteiger partial charge is 0.327 e. The van der Waals surface area contributed by atoms with E-state index in [1.54, 1.807) is 36.4 Å². The van der Waals surface area contributed by atoms with Crippen molar-refractivity contribution in [3.8, 4) is 0 Å². The van der Waals surface area contributed by atoms with Gasteiger partial charge in [-0.2, -0.15) is 0 Å². The molecule has 0 atom stereocenters. The second-order valence-corrected chi connectivity index (χ2v) is 7.22. The van der Waals surface area contributed by atoms with Crippen LogP contribution in [0.15, 0.2) is 59.7 Å². The maximum Gasteiger partial charge on any atom is 0.269 e. The molecule has 30 heavy (non-hydrogen) atoms. The highest BCUT2D eigenvalue weighted by Crippen LogP contribution is 2.19. The number of Topliss-reactive ketones (excluding diaryl/α,β-unsaturated/α-hetero) is 1. The highest BCUT2D eigenvalue weighted by Gasteiger charge is 2.28. The first-order chi connectivity index (χ1) is 14.4. The molecule has 0 amide bonds. The molecule has 0 aliphatic carbocycles. The number of nitro benzene ring substituents is 2. The predicted molar refractivity (Wildman–Crippen MR) is 113 cm³/mol. The fourth-order valence-corrected chi connectivity index (χ4v) is 3.52. The van der Waals surface area contributed by atoms with Crippen molar-refractivity contribution in [2.75, 3.05) is 19.6 Å². The van der Waals surface area contributed by atoms with Crippen molar-refractivity contribution in [2.45, 2.75) is 13.3 Å². The van der Waals surface area contributed by atoms with Crippen molar-refractivity contribution in [3.63, 3.8) is 0 Å². The predicted octanol–water partition coefficient (Wildman–Crippen LogP) is 2.85. The summed E-state index contributed by atoms with van der Waals surface area (Å²) in [4.78, 5) is 35.1. The highest BCUT2D eigenvalue weighted by molar-refractivity contribution is 6.14. The quantitative estimate of drug-likeness (QED) is 0.449. The summed E-state index contributed by atoms with van der Waals surface area (Å²) in [6.07, 6.45) is 4.54. The maximum absolute atomic E-state index is 13.1. The lowest BCUT2D eigenvalue weighted by molar-refractivity contribution is -0.891. The number of nitrogens with zero attached hydrogens (tertiary/aromatic N) is 2. The molecule has 1 saturated heterocycles. The number of nitro groups is 2. The monoisotopic (exact) mass is 408 g/mol. The van der Waals surface area contributed by atoms with Crippen LogP contribution in [0.1, 0.15) is 24.5 Å². The molecule has 1 aliphatic heterocycles. The fourth-order valence-electron chi connectivity index (χ4n) is 3.52. The lowest BCUT2D eigenvalue weighted by Gasteiger charge is -2.26. The van der Waals surface area contributed by atoms with Gasteiger partial charge in [0.1, 0.15) is 13.1 Å². The second-order valence-electron chi connectivity index (χ2n) is 7.22. The third kappa shape index (κ3) is 5.03. The number of non-ortho nitro benzene ring substituents is 2. The van der Waals surface area contributed by atoms with Gasteiger partial charge in [-0.25, -0.2) is 0 Å². The van der Waals surface area contributed by atoms with Crippen LogP contribution < -0.4 is 4.90 Å². The molecule has 0 aromatic heterocycles. The minimum atomic E-state index is -0.457. The van der Waals surface area contributed by atoms with Crippen LogP contribution in [-0.4, -0.2) is 35.3 Å². The van der Waals surface area contributed by atoms with E-state index in [9.17, 15) is 25.0 Å². The van der Waals surface area contributed by atoms with E-state index in [1.807, 2.05) is 0 Å². The van der Waals surface area contributed by atoms with Crippen LogP contribution in [0.4, 0.5) is 11.4 Å². The number of quaternary nitrogens is 1. The van der Waals surface area contributed by atoms with Gasteiger partial charge in [-0.15, -0.1) is 0 Å². The van der Waals surface area contributed by atoms with Crippen LogP contribution in [0.5, 0.6) is 0 Å². The van der Waals surface area contributed by atoms with E-state index in [0.29, 0.717) is 24.2 Å². The Hall–Kier alpha value is -3.65. The Labute approximate surface area is 173 Å². The Balaban J connectivity index is 1.91. The van der Waals surface area contributed by atoms with Gasteiger partial charge < -0.3 is 4.90 Å². The summed E-state index contributed by atoms with van der Waals surface area (Å²) < 4.78 is 0. The van der Waals surface area contributed by atoms with Gasteiger partial charge in [0.15, 0.2) is 5.78 Å². The van der Waals surface area contributed by atoms with Gasteiger partial charge in [0.25, 0.3) is 11.4 Å². The van der Waals surface area contributed by atoms with E-state index in [0.717, 1.165) is 24.1 Å². The molecule has 0 spiro atoms. The molecule has 1 N–H and O–H groups in total. The Morgan fingerprint density at radius 3 is 1.57 bits per heavy atom. The molecule has 1 aliphatic rings. The van der Waals surface area contributed by atoms with Crippen molar-refractivity contribution in [3.05, 3.63) is 91.0 Å². The SMILES string of the molecule is CCC[NH+]1CC(=Cc2ccc([N+](=O)[O-])cc2)C(=O)C(=Cc2ccc([N+](=O)[O-])cc2)C1. The van der Waals surface area contributed by atoms with Crippen molar-refractivity contribution in [1.82, 2.24) is 0 Å². The van der Waals surface area contributed by atoms with Crippen molar-refractivity contribution < 1.29 is 19.5 Å². The molecular weight excluding hydrogens is 386 g/mol. The average molecular weight is 408 g/mol. The molecular formula is C22H22N3O5+. The zero-order valence-corrected chi connectivity index (χ0v) is 16.5. The van der Waals surface area contributed by atoms with E-state index < -0.39 is 9.85 Å². The van der Waals surface area contributed by atoms with Crippen LogP contribution in [0, 0.1) is 20.2 Å². The molecule has 3 rings (SSSR count). The summed E-state index contributed by atoms with van der Waals surface area (Å²) >= 11 is 0. The lowest BCUT2D eigenvalue weighted by Crippen LogP contribution is -3.13. The number of piperidine rings is 1. The van der Waals surface area contributed by atoms with Crippen LogP contribution in [0.2, 0.25) is 0 Å². The van der Waals surface area contributed by atoms with Crippen LogP contribution in [-0.2, 0) is 4.79 Å². The number of likely N-dealkylation sites (tertiary alicyclic amines) is 1. The van der Waals surface area contributed by atoms with Crippen LogP contribution in [0.3, 0.4) is 0 Å². The number of hydrogen-bond donors (Lipinski definition) is 1. The molecule has 0 bridgehead atoms. The Morgan fingerprint density at radius 1 is 0.833 bits per heavy atom. The normalized spacial score (nSPS) is 19.2. The molecule has 154 valence electrons. The van der Waals surface area contributed by atoms with Crippen LogP contribution in [0.25, 0.3) is 12.2 Å². The first-order valence-corrected chi connectivity index (χ1v) is 9.65. The smallest absolute Gasteiger partial charge is 0.269 e. The number of carbonyl (C=O) groups excluding carboxylic acids is 1. The second kappa shape index (κ2) is 9.23. The van der Waals surface area contributed by atoms with Gasteiger partial charge >= 0.3 is 0 Å². The number of hydrogen-bond acceptors (Lipinski definition) is 5. The molecule has 2 aromatic rings. The molecule has 1 heterocycles. The third-order valence-electron chi connectivity index (χ3n) is 4.96. The summed E-state index contributed by atoms with van der Waals surface area (Å²) in [5.74, 6) is -0.0634. The minimum absolute atomic E-state index is 0.00381. The average Bonchev–Trinajstić information content (AvgIpc) is 2.72. The maximum atomic E-state index is 13.1. The standard InChI is InChI=1S/C22H21N3O5/c1-2-11-23-14-18(12-16-3-7-20(8-4-16)24(27)28)22(26)19(15-23)13-17-5-9-21(10-6-17)25(29)30/h3-10,12-13H,2,11,14-15H2,1H3/p+1. The first kappa shape index (κ1) is 21.1. The first-order valence-electron chi connectivity index (χ1n) is 9.65. The molecule has 0 saturated carbocycles. The summed E-state index contributed by atoms with van der Waals surface area (Å²) in [6, 6.07) is 12.2. The molecule has 0 radical (unpaired) electrons. The molecule has 8 heteroatoms. The van der Waals surface area contributed by atoms with Crippen molar-refractivity contribution in [2.24, 2.45) is 0 Å².